The van der Waals surface area contributed by atoms with Crippen molar-refractivity contribution in [3.63, 3.8) is 0 Å². The number of piperidine rings is 2. The number of carbonyl (C=O) groups is 1. The molecule has 4 aliphatic rings. The topological polar surface area (TPSA) is 112 Å². The number of alkyl halides is 3. The highest BCUT2D eigenvalue weighted by Crippen LogP contribution is 2.33. The summed E-state index contributed by atoms with van der Waals surface area (Å²) in [7, 11) is 0. The van der Waals surface area contributed by atoms with Crippen LogP contribution in [0.4, 0.5) is 8.78 Å². The van der Waals surface area contributed by atoms with Crippen molar-refractivity contribution < 1.29 is 13.6 Å². The Morgan fingerprint density at radius 1 is 1.13 bits per heavy atom. The molecule has 0 saturated carbocycles. The highest BCUT2D eigenvalue weighted by atomic mass is 35.5. The summed E-state index contributed by atoms with van der Waals surface area (Å²) in [4.78, 5) is 18.3. The molecule has 0 radical (unpaired) electrons. The van der Waals surface area contributed by atoms with Crippen molar-refractivity contribution in [3.8, 4) is 0 Å². The molecule has 4 rings (SSSR count). The Morgan fingerprint density at radius 2 is 1.85 bits per heavy atom. The second kappa shape index (κ2) is 13.7. The number of rotatable bonds is 9. The van der Waals surface area contributed by atoms with E-state index in [4.69, 9.17) is 23.1 Å². The van der Waals surface area contributed by atoms with Gasteiger partial charge in [-0.05, 0) is 63.0 Å². The van der Waals surface area contributed by atoms with Crippen LogP contribution in [0.1, 0.15) is 65.2 Å². The van der Waals surface area contributed by atoms with Gasteiger partial charge in [0.25, 0.3) is 5.92 Å². The lowest BCUT2D eigenvalue weighted by Gasteiger charge is -2.49. The number of hydrogen-bond acceptors (Lipinski definition) is 7. The van der Waals surface area contributed by atoms with Crippen LogP contribution in [-0.4, -0.2) is 97.1 Å². The number of carbonyl (C=O) groups excluding carboxylic acids is 1. The van der Waals surface area contributed by atoms with E-state index < -0.39 is 18.0 Å². The predicted octanol–water partition coefficient (Wildman–Crippen LogP) is 2.18. The molecule has 224 valence electrons. The number of unbranched alkanes of at least 4 members (excludes halogenated alkanes) is 1. The van der Waals surface area contributed by atoms with Crippen LogP contribution >= 0.6 is 11.6 Å². The fourth-order valence-corrected chi connectivity index (χ4v) is 7.16. The molecule has 4 heterocycles. The van der Waals surface area contributed by atoms with Crippen LogP contribution in [0.15, 0.2) is 11.3 Å². The van der Waals surface area contributed by atoms with Crippen molar-refractivity contribution in [2.45, 2.75) is 101 Å². The molecule has 5 unspecified atom stereocenters. The summed E-state index contributed by atoms with van der Waals surface area (Å²) in [6, 6.07) is 0.333. The maximum atomic E-state index is 13.9. The number of halogens is 3. The van der Waals surface area contributed by atoms with E-state index in [1.807, 2.05) is 4.90 Å². The van der Waals surface area contributed by atoms with E-state index in [0.29, 0.717) is 19.0 Å². The summed E-state index contributed by atoms with van der Waals surface area (Å²) in [5, 5.41) is 10.3. The molecular formula is C28H50ClF2N7O. The van der Waals surface area contributed by atoms with Gasteiger partial charge in [-0.15, -0.1) is 11.6 Å². The van der Waals surface area contributed by atoms with E-state index in [1.165, 1.54) is 5.57 Å². The van der Waals surface area contributed by atoms with Crippen LogP contribution in [0.25, 0.3) is 0 Å². The molecule has 3 fully saturated rings. The fourth-order valence-electron chi connectivity index (χ4n) is 6.95. The largest absolute Gasteiger partial charge is 0.386 e. The van der Waals surface area contributed by atoms with Crippen molar-refractivity contribution in [1.82, 2.24) is 25.8 Å². The summed E-state index contributed by atoms with van der Waals surface area (Å²) in [5.74, 6) is -3.05. The molecule has 0 aliphatic carbocycles. The van der Waals surface area contributed by atoms with E-state index in [0.717, 1.165) is 76.7 Å². The Bertz CT molecular complexity index is 844. The van der Waals surface area contributed by atoms with Gasteiger partial charge in [0.05, 0.1) is 30.7 Å². The first-order chi connectivity index (χ1) is 18.6. The van der Waals surface area contributed by atoms with Gasteiger partial charge in [0.1, 0.15) is 5.92 Å². The molecule has 1 amide bonds. The number of nitrogens with zero attached hydrogens (tertiary/aromatic N) is 2. The number of nitrogens with two attached hydrogens (primary N) is 2. The van der Waals surface area contributed by atoms with Crippen molar-refractivity contribution in [2.75, 3.05) is 45.8 Å². The zero-order chi connectivity index (χ0) is 28.2. The van der Waals surface area contributed by atoms with Gasteiger partial charge in [-0.1, -0.05) is 20.3 Å². The Morgan fingerprint density at radius 3 is 2.49 bits per heavy atom. The second-order valence-electron chi connectivity index (χ2n) is 12.3. The molecule has 0 bridgehead atoms. The summed E-state index contributed by atoms with van der Waals surface area (Å²) in [5.41, 5.74) is 14.7. The van der Waals surface area contributed by atoms with Gasteiger partial charge < -0.3 is 27.4 Å². The van der Waals surface area contributed by atoms with Gasteiger partial charge >= 0.3 is 0 Å². The van der Waals surface area contributed by atoms with E-state index >= 15 is 0 Å². The van der Waals surface area contributed by atoms with Crippen molar-refractivity contribution in [1.29, 1.82) is 0 Å². The SMILES string of the molecule is CCCC/C1=C(\C(C(=O)NC2CNCCC2N2CCC(N3CC(F)(F)C3)CC2)C(N)N)NCC(Cl)CCC1C. The normalized spacial score (nSPS) is 34.1. The van der Waals surface area contributed by atoms with E-state index in [-0.39, 0.29) is 42.5 Å². The Balaban J connectivity index is 1.45. The van der Waals surface area contributed by atoms with Crippen LogP contribution in [0, 0.1) is 11.8 Å². The van der Waals surface area contributed by atoms with Crippen molar-refractivity contribution >= 4 is 17.5 Å². The smallest absolute Gasteiger partial charge is 0.272 e. The molecule has 0 aromatic rings. The standard InChI is InChI=1S/C28H50ClF2N7O/c1-3-4-5-21-18(2)6-7-19(29)14-35-25(21)24(26(32)33)27(39)36-22-15-34-11-8-23(22)37-12-9-20(10-13-37)38-16-28(30,31)17-38/h18-20,22-24,26,34-35H,3-17,32-33H2,1-2H3,(H,36,39)/b25-21-. The van der Waals surface area contributed by atoms with Gasteiger partial charge in [-0.3, -0.25) is 14.6 Å². The molecule has 0 spiro atoms. The van der Waals surface area contributed by atoms with Crippen LogP contribution in [0.3, 0.4) is 0 Å². The van der Waals surface area contributed by atoms with E-state index in [9.17, 15) is 13.6 Å². The van der Waals surface area contributed by atoms with E-state index in [1.54, 1.807) is 0 Å². The number of allylic oxidation sites excluding steroid dienone is 1. The van der Waals surface area contributed by atoms with E-state index in [2.05, 4.69) is 34.7 Å². The number of nitrogens with one attached hydrogen (secondary N) is 3. The molecule has 11 heteroatoms. The summed E-state index contributed by atoms with van der Waals surface area (Å²) >= 11 is 6.56. The summed E-state index contributed by atoms with van der Waals surface area (Å²) in [6.07, 6.45) is 6.77. The Labute approximate surface area is 238 Å². The lowest BCUT2D eigenvalue weighted by atomic mass is 9.83. The van der Waals surface area contributed by atoms with Crippen molar-refractivity contribution in [3.05, 3.63) is 11.3 Å². The van der Waals surface area contributed by atoms with Crippen LogP contribution in [-0.2, 0) is 4.79 Å². The van der Waals surface area contributed by atoms with Gasteiger partial charge in [0.15, 0.2) is 0 Å². The maximum Gasteiger partial charge on any atom is 0.272 e. The minimum atomic E-state index is -2.53. The monoisotopic (exact) mass is 573 g/mol. The molecule has 0 aromatic carbocycles. The zero-order valence-electron chi connectivity index (χ0n) is 23.7. The van der Waals surface area contributed by atoms with Gasteiger partial charge in [-0.25, -0.2) is 8.78 Å². The maximum absolute atomic E-state index is 13.9. The molecule has 4 aliphatic heterocycles. The lowest BCUT2D eigenvalue weighted by Crippen LogP contribution is -2.65. The molecule has 7 N–H and O–H groups in total. The molecule has 5 atom stereocenters. The Kier molecular flexibility index (Phi) is 10.9. The molecular weight excluding hydrogens is 524 g/mol. The van der Waals surface area contributed by atoms with Gasteiger partial charge in [-0.2, -0.15) is 0 Å². The number of likely N-dealkylation sites (tertiary alicyclic amines) is 2. The number of amides is 1. The minimum Gasteiger partial charge on any atom is -0.386 e. The molecule has 3 saturated heterocycles. The van der Waals surface area contributed by atoms with Crippen LogP contribution in [0.5, 0.6) is 0 Å². The first-order valence-electron chi connectivity index (χ1n) is 15.1. The second-order valence-corrected chi connectivity index (χ2v) is 12.9. The quantitative estimate of drug-likeness (QED) is 0.212. The zero-order valence-corrected chi connectivity index (χ0v) is 24.5. The third-order valence-electron chi connectivity index (χ3n) is 9.27. The van der Waals surface area contributed by atoms with Gasteiger partial charge in [0, 0.05) is 44.0 Å². The highest BCUT2D eigenvalue weighted by Gasteiger charge is 2.47. The molecule has 8 nitrogen and oxygen atoms in total. The third kappa shape index (κ3) is 7.83. The Hall–Kier alpha value is -1.04. The molecule has 0 aromatic heterocycles. The average molecular weight is 574 g/mol. The van der Waals surface area contributed by atoms with Crippen LogP contribution in [0.2, 0.25) is 0 Å². The first-order valence-corrected chi connectivity index (χ1v) is 15.5. The summed E-state index contributed by atoms with van der Waals surface area (Å²) < 4.78 is 26.8. The first kappa shape index (κ1) is 30.9. The van der Waals surface area contributed by atoms with Gasteiger partial charge in [0.2, 0.25) is 5.91 Å². The van der Waals surface area contributed by atoms with Crippen molar-refractivity contribution in [2.24, 2.45) is 23.3 Å². The minimum absolute atomic E-state index is 0.00905. The predicted molar refractivity (Wildman–Crippen MR) is 153 cm³/mol. The fraction of sp³-hybridized carbons (Fsp3) is 0.893. The summed E-state index contributed by atoms with van der Waals surface area (Å²) in [6.45, 7) is 8.01. The number of hydrogen-bond donors (Lipinski definition) is 5. The third-order valence-corrected chi connectivity index (χ3v) is 9.64. The highest BCUT2D eigenvalue weighted by molar-refractivity contribution is 6.20. The lowest BCUT2D eigenvalue weighted by molar-refractivity contribution is -0.152. The average Bonchev–Trinajstić information content (AvgIpc) is 2.88. The van der Waals surface area contributed by atoms with Crippen LogP contribution < -0.4 is 27.4 Å². The molecule has 39 heavy (non-hydrogen) atoms.